The van der Waals surface area contributed by atoms with Crippen LogP contribution in [-0.2, 0) is 10.0 Å². The fourth-order valence-electron chi connectivity index (χ4n) is 4.33. The summed E-state index contributed by atoms with van der Waals surface area (Å²) in [5, 5.41) is 9.18. The number of carboxylic acid groups (broad SMARTS) is 1. The smallest absolute Gasteiger partial charge is 0.407 e. The minimum Gasteiger partial charge on any atom is -0.496 e. The van der Waals surface area contributed by atoms with Crippen LogP contribution in [0.5, 0.6) is 11.5 Å². The number of hydrogen-bond donors (Lipinski definition) is 2. The number of carbonyl (C=O) groups excluding carboxylic acids is 1. The third-order valence-electron chi connectivity index (χ3n) is 6.18. The van der Waals surface area contributed by atoms with Gasteiger partial charge in [0.25, 0.3) is 5.91 Å². The number of piperazine rings is 1. The normalized spacial score (nSPS) is 14.0. The van der Waals surface area contributed by atoms with E-state index in [1.165, 1.54) is 48.5 Å². The number of benzene rings is 1. The van der Waals surface area contributed by atoms with Crippen molar-refractivity contribution < 1.29 is 37.0 Å². The van der Waals surface area contributed by atoms with E-state index >= 15 is 4.39 Å². The van der Waals surface area contributed by atoms with Crippen LogP contribution >= 0.6 is 0 Å². The first kappa shape index (κ1) is 27.0. The second-order valence-corrected chi connectivity index (χ2v) is 10.5. The molecule has 3 aromatic rings. The van der Waals surface area contributed by atoms with E-state index in [-0.39, 0.29) is 60.6 Å². The molecule has 1 saturated heterocycles. The third-order valence-corrected chi connectivity index (χ3v) is 7.66. The first-order valence-electron chi connectivity index (χ1n) is 11.8. The Labute approximate surface area is 218 Å². The van der Waals surface area contributed by atoms with Crippen molar-refractivity contribution in [2.24, 2.45) is 0 Å². The predicted molar refractivity (Wildman–Crippen MR) is 137 cm³/mol. The van der Waals surface area contributed by atoms with Gasteiger partial charge < -0.3 is 24.4 Å². The van der Waals surface area contributed by atoms with Gasteiger partial charge in [0.2, 0.25) is 10.0 Å². The zero-order chi connectivity index (χ0) is 27.6. The highest BCUT2D eigenvalue weighted by Gasteiger charge is 2.27. The van der Waals surface area contributed by atoms with E-state index in [1.54, 1.807) is 17.4 Å². The number of fused-ring (bicyclic) bond motifs is 1. The molecule has 2 amide bonds. The summed E-state index contributed by atoms with van der Waals surface area (Å²) >= 11 is 0. The van der Waals surface area contributed by atoms with E-state index in [1.807, 2.05) is 0 Å². The van der Waals surface area contributed by atoms with Crippen LogP contribution in [0, 0.1) is 5.82 Å². The van der Waals surface area contributed by atoms with Gasteiger partial charge in [-0.15, -0.1) is 0 Å². The molecule has 1 fully saturated rings. The molecular weight excluding hydrogens is 521 g/mol. The number of halogens is 1. The van der Waals surface area contributed by atoms with Crippen molar-refractivity contribution in [3.63, 3.8) is 0 Å². The molecule has 14 heteroatoms. The van der Waals surface area contributed by atoms with Gasteiger partial charge in [0.05, 0.1) is 43.1 Å². The second kappa shape index (κ2) is 10.7. The number of nitrogens with zero attached hydrogens (tertiary/aromatic N) is 4. The van der Waals surface area contributed by atoms with Crippen molar-refractivity contribution in [1.29, 1.82) is 0 Å². The number of methoxy groups -OCH3 is 2. The lowest BCUT2D eigenvalue weighted by molar-refractivity contribution is 0.0621. The Morgan fingerprint density at radius 1 is 1.11 bits per heavy atom. The average Bonchev–Trinajstić information content (AvgIpc) is 3.30. The van der Waals surface area contributed by atoms with Crippen molar-refractivity contribution in [2.45, 2.75) is 13.3 Å². The van der Waals surface area contributed by atoms with Gasteiger partial charge >= 0.3 is 6.09 Å². The average molecular weight is 550 g/mol. The quantitative estimate of drug-likeness (QED) is 0.437. The molecule has 0 radical (unpaired) electrons. The molecule has 1 aliphatic rings. The Morgan fingerprint density at radius 3 is 2.39 bits per heavy atom. The molecule has 4 rings (SSSR count). The van der Waals surface area contributed by atoms with Crippen molar-refractivity contribution in [1.82, 2.24) is 19.2 Å². The van der Waals surface area contributed by atoms with E-state index in [2.05, 4.69) is 9.71 Å². The van der Waals surface area contributed by atoms with E-state index in [0.717, 1.165) is 0 Å². The number of sulfonamides is 1. The molecule has 1 aliphatic heterocycles. The Bertz CT molecular complexity index is 1480. The maximum atomic E-state index is 15.0. The highest BCUT2D eigenvalue weighted by atomic mass is 32.2. The topological polar surface area (TPSA) is 143 Å². The Morgan fingerprint density at radius 2 is 1.79 bits per heavy atom. The van der Waals surface area contributed by atoms with Gasteiger partial charge in [0, 0.05) is 44.0 Å². The predicted octanol–water partition coefficient (Wildman–Crippen LogP) is 2.75. The van der Waals surface area contributed by atoms with Crippen LogP contribution in [0.2, 0.25) is 0 Å². The van der Waals surface area contributed by atoms with Crippen LogP contribution in [0.1, 0.15) is 23.7 Å². The highest BCUT2D eigenvalue weighted by molar-refractivity contribution is 7.92. The van der Waals surface area contributed by atoms with Gasteiger partial charge in [-0.05, 0) is 18.6 Å². The minimum absolute atomic E-state index is 0.0630. The van der Waals surface area contributed by atoms with Gasteiger partial charge in [-0.1, -0.05) is 6.92 Å². The fraction of sp³-hybridized carbons (Fsp3) is 0.375. The van der Waals surface area contributed by atoms with E-state index in [4.69, 9.17) is 9.47 Å². The highest BCUT2D eigenvalue weighted by Crippen LogP contribution is 2.35. The van der Waals surface area contributed by atoms with Crippen molar-refractivity contribution >= 4 is 33.4 Å². The van der Waals surface area contributed by atoms with Crippen LogP contribution in [0.3, 0.4) is 0 Å². The van der Waals surface area contributed by atoms with Crippen LogP contribution in [0.25, 0.3) is 16.9 Å². The van der Waals surface area contributed by atoms with Gasteiger partial charge in [0.1, 0.15) is 11.4 Å². The van der Waals surface area contributed by atoms with Gasteiger partial charge in [-0.3, -0.25) is 13.9 Å². The molecule has 38 heavy (non-hydrogen) atoms. The summed E-state index contributed by atoms with van der Waals surface area (Å²) in [6.07, 6.45) is 2.32. The van der Waals surface area contributed by atoms with Crippen molar-refractivity contribution in [2.75, 3.05) is 50.9 Å². The summed E-state index contributed by atoms with van der Waals surface area (Å²) in [6, 6.07) is 4.20. The van der Waals surface area contributed by atoms with Gasteiger partial charge in [-0.2, -0.15) is 0 Å². The number of anilines is 1. The lowest BCUT2D eigenvalue weighted by atomic mass is 10.1. The lowest BCUT2D eigenvalue weighted by Gasteiger charge is -2.33. The maximum Gasteiger partial charge on any atom is 0.407 e. The molecule has 2 aromatic heterocycles. The molecule has 3 heterocycles. The van der Waals surface area contributed by atoms with Crippen LogP contribution in [-0.4, -0.2) is 90.9 Å². The Balaban J connectivity index is 1.76. The van der Waals surface area contributed by atoms with Crippen LogP contribution in [0.4, 0.5) is 14.9 Å². The zero-order valence-corrected chi connectivity index (χ0v) is 21.9. The molecule has 2 N–H and O–H groups in total. The monoisotopic (exact) mass is 549 g/mol. The molecule has 12 nitrogen and oxygen atoms in total. The van der Waals surface area contributed by atoms with Gasteiger partial charge in [0.15, 0.2) is 11.6 Å². The summed E-state index contributed by atoms with van der Waals surface area (Å²) < 4.78 is 54.3. The number of imidazole rings is 1. The largest absolute Gasteiger partial charge is 0.496 e. The van der Waals surface area contributed by atoms with Crippen molar-refractivity contribution in [3.8, 4) is 22.8 Å². The number of amides is 2. The number of pyridine rings is 1. The second-order valence-electron chi connectivity index (χ2n) is 8.65. The molecule has 1 aromatic carbocycles. The number of hydrogen-bond acceptors (Lipinski definition) is 7. The van der Waals surface area contributed by atoms with Crippen molar-refractivity contribution in [3.05, 3.63) is 42.0 Å². The standard InChI is InChI=1S/C24H28FN5O7S/c1-4-9-38(34,35)27-18-11-15(10-17(25)22(18)37-3)19-13-26-21-12-20(36-2)16(14-30(19)21)23(31)28-5-7-29(8-6-28)24(32)33/h10-14,27H,4-9H2,1-3H3,(H,32,33). The number of carbonyl (C=O) groups is 2. The van der Waals surface area contributed by atoms with Gasteiger partial charge in [-0.25, -0.2) is 22.6 Å². The third kappa shape index (κ3) is 5.30. The molecule has 204 valence electrons. The summed E-state index contributed by atoms with van der Waals surface area (Å²) in [4.78, 5) is 31.7. The molecule has 0 spiro atoms. The summed E-state index contributed by atoms with van der Waals surface area (Å²) in [5.41, 5.74) is 1.25. The van der Waals surface area contributed by atoms with E-state index in [9.17, 15) is 23.1 Å². The molecule has 0 atom stereocenters. The number of ether oxygens (including phenoxy) is 2. The molecule has 0 saturated carbocycles. The molecule has 0 bridgehead atoms. The molecule has 0 aliphatic carbocycles. The lowest BCUT2D eigenvalue weighted by Crippen LogP contribution is -2.50. The SMILES string of the molecule is CCCS(=O)(=O)Nc1cc(-c2cnc3cc(OC)c(C(=O)N4CCN(C(=O)O)CC4)cn23)cc(F)c1OC. The fourth-order valence-corrected chi connectivity index (χ4v) is 5.46. The zero-order valence-electron chi connectivity index (χ0n) is 21.1. The van der Waals surface area contributed by atoms with E-state index in [0.29, 0.717) is 23.3 Å². The summed E-state index contributed by atoms with van der Waals surface area (Å²) in [7, 11) is -1.08. The number of nitrogens with one attached hydrogen (secondary N) is 1. The Kier molecular flexibility index (Phi) is 7.62. The van der Waals surface area contributed by atoms with E-state index < -0.39 is 21.9 Å². The summed E-state index contributed by atoms with van der Waals surface area (Å²) in [5.74, 6) is -1.27. The molecule has 0 unspecified atom stereocenters. The van der Waals surface area contributed by atoms with Crippen LogP contribution in [0.15, 0.2) is 30.6 Å². The van der Waals surface area contributed by atoms with Crippen LogP contribution < -0.4 is 14.2 Å². The number of aromatic nitrogens is 2. The Hall–Kier alpha value is -4.07. The summed E-state index contributed by atoms with van der Waals surface area (Å²) in [6.45, 7) is 2.51. The first-order valence-corrected chi connectivity index (χ1v) is 13.4. The number of rotatable bonds is 8. The molecular formula is C24H28FN5O7S. The first-order chi connectivity index (χ1) is 18.1. The maximum absolute atomic E-state index is 15.0. The minimum atomic E-state index is -3.74.